The second kappa shape index (κ2) is 9.87. The van der Waals surface area contributed by atoms with Crippen LogP contribution in [0.4, 0.5) is 5.69 Å². The molecule has 1 fully saturated rings. The van der Waals surface area contributed by atoms with Crippen LogP contribution >= 0.6 is 0 Å². The average molecular weight is 571 g/mol. The number of anilines is 1. The smallest absolute Gasteiger partial charge is 0.179 e. The van der Waals surface area contributed by atoms with E-state index in [1.54, 1.807) is 12.1 Å². The van der Waals surface area contributed by atoms with E-state index < -0.39 is 9.84 Å². The molecule has 1 aromatic rings. The predicted octanol–water partition coefficient (Wildman–Crippen LogP) is 0.519. The third kappa shape index (κ3) is 6.25. The Kier molecular flexibility index (Phi) is 9.20. The van der Waals surface area contributed by atoms with Crippen molar-refractivity contribution in [1.82, 2.24) is 9.80 Å². The zero-order valence-corrected chi connectivity index (χ0v) is 18.4. The molecular formula is C15H23AuN3O2S3-2. The van der Waals surface area contributed by atoms with E-state index in [0.717, 1.165) is 31.9 Å². The van der Waals surface area contributed by atoms with Crippen molar-refractivity contribution in [2.45, 2.75) is 9.60 Å². The molecule has 0 unspecified atom stereocenters. The van der Waals surface area contributed by atoms with Gasteiger partial charge in [-0.25, -0.2) is 13.1 Å². The Morgan fingerprint density at radius 3 is 2.08 bits per heavy atom. The fraction of sp³-hybridized carbons (Fsp3) is 0.600. The van der Waals surface area contributed by atoms with Gasteiger partial charge in [0.25, 0.3) is 0 Å². The molecule has 1 aliphatic rings. The number of rotatable bonds is 6. The fourth-order valence-corrected chi connectivity index (χ4v) is 4.22. The molecule has 1 radical (unpaired) electrons. The van der Waals surface area contributed by atoms with Crippen molar-refractivity contribution >= 4 is 40.8 Å². The van der Waals surface area contributed by atoms with Crippen molar-refractivity contribution in [3.8, 4) is 0 Å². The van der Waals surface area contributed by atoms with Crippen LogP contribution < -0.4 is 4.90 Å². The van der Waals surface area contributed by atoms with E-state index in [4.69, 9.17) is 25.3 Å². The van der Waals surface area contributed by atoms with Crippen molar-refractivity contribution < 1.29 is 30.8 Å². The van der Waals surface area contributed by atoms with Gasteiger partial charge >= 0.3 is 0 Å². The average Bonchev–Trinajstić information content (AvgIpc) is 2.53. The van der Waals surface area contributed by atoms with Crippen molar-refractivity contribution in [3.63, 3.8) is 0 Å². The molecule has 1 aliphatic heterocycles. The Morgan fingerprint density at radius 1 is 1.08 bits per heavy atom. The molecule has 141 valence electrons. The summed E-state index contributed by atoms with van der Waals surface area (Å²) in [7, 11) is 0.613. The molecule has 1 heterocycles. The van der Waals surface area contributed by atoms with E-state index >= 15 is 0 Å². The molecule has 0 aliphatic carbocycles. The first-order valence-electron chi connectivity index (χ1n) is 7.58. The second-order valence-corrected chi connectivity index (χ2v) is 9.19. The van der Waals surface area contributed by atoms with E-state index in [1.807, 2.05) is 31.1 Å². The van der Waals surface area contributed by atoms with E-state index in [9.17, 15) is 8.42 Å². The third-order valence-corrected chi connectivity index (χ3v) is 6.40. The summed E-state index contributed by atoms with van der Waals surface area (Å²) in [4.78, 5) is 6.56. The molecule has 0 amide bonds. The minimum atomic E-state index is -3.25. The Bertz CT molecular complexity index is 601. The van der Waals surface area contributed by atoms with E-state index in [0.29, 0.717) is 11.4 Å². The van der Waals surface area contributed by atoms with Crippen LogP contribution in [-0.4, -0.2) is 75.5 Å². The number of hydrogen-bond acceptors (Lipinski definition) is 7. The van der Waals surface area contributed by atoms with Gasteiger partial charge in [-0.2, -0.15) is 0 Å². The van der Waals surface area contributed by atoms with Crippen LogP contribution in [0.3, 0.4) is 0 Å². The zero-order valence-electron chi connectivity index (χ0n) is 13.8. The summed E-state index contributed by atoms with van der Waals surface area (Å²) in [5.74, 6) is 0.138. The molecule has 1 saturated heterocycles. The van der Waals surface area contributed by atoms with Crippen molar-refractivity contribution in [1.29, 1.82) is 0 Å². The third-order valence-electron chi connectivity index (χ3n) is 4.09. The monoisotopic (exact) mass is 570 g/mol. The van der Waals surface area contributed by atoms with Crippen LogP contribution in [0.1, 0.15) is 0 Å². The number of benzene rings is 1. The topological polar surface area (TPSA) is 43.9 Å². The van der Waals surface area contributed by atoms with Gasteiger partial charge in [-0.3, -0.25) is 4.90 Å². The molecule has 0 aromatic heterocycles. The number of nitrogens with zero attached hydrogens (tertiary/aromatic N) is 3. The Morgan fingerprint density at radius 2 is 1.62 bits per heavy atom. The molecule has 0 saturated carbocycles. The summed E-state index contributed by atoms with van der Waals surface area (Å²) < 4.78 is 24.6. The largest absolute Gasteiger partial charge is 0.800 e. The SMILES string of the molecule is CN(C)c1ccc(S(=O)(=O)CCN2CCN(C([S-])[S-])CC2)cc1.[Au]. The minimum Gasteiger partial charge on any atom is -0.800 e. The van der Waals surface area contributed by atoms with Crippen LogP contribution in [0, 0.1) is 0 Å². The van der Waals surface area contributed by atoms with Crippen LogP contribution in [0.2, 0.25) is 0 Å². The fourth-order valence-electron chi connectivity index (χ4n) is 2.52. The van der Waals surface area contributed by atoms with E-state index in [-0.39, 0.29) is 32.8 Å². The maximum Gasteiger partial charge on any atom is 0.179 e. The maximum absolute atomic E-state index is 12.4. The molecule has 24 heavy (non-hydrogen) atoms. The molecule has 1 aromatic carbocycles. The van der Waals surface area contributed by atoms with Gasteiger partial charge in [-0.05, 0) is 24.3 Å². The summed E-state index contributed by atoms with van der Waals surface area (Å²) >= 11 is 10.2. The Labute approximate surface area is 172 Å². The van der Waals surface area contributed by atoms with Crippen molar-refractivity contribution in [3.05, 3.63) is 24.3 Å². The van der Waals surface area contributed by atoms with Gasteiger partial charge in [0.05, 0.1) is 10.6 Å². The summed E-state index contributed by atoms with van der Waals surface area (Å²) in [6.45, 7) is 3.81. The van der Waals surface area contributed by atoms with Gasteiger partial charge in [-0.1, -0.05) is 0 Å². The molecule has 5 nitrogen and oxygen atoms in total. The van der Waals surface area contributed by atoms with Crippen molar-refractivity contribution in [2.24, 2.45) is 0 Å². The Balaban J connectivity index is 0.00000288. The summed E-state index contributed by atoms with van der Waals surface area (Å²) in [6.07, 6.45) is 0. The first kappa shape index (κ1) is 22.4. The van der Waals surface area contributed by atoms with E-state index in [1.165, 1.54) is 0 Å². The molecule has 0 spiro atoms. The second-order valence-electron chi connectivity index (χ2n) is 5.89. The summed E-state index contributed by atoms with van der Waals surface area (Å²) in [5, 5.41) is 0. The van der Waals surface area contributed by atoms with Crippen LogP contribution in [0.25, 0.3) is 0 Å². The molecule has 0 bridgehead atoms. The molecular weight excluding hydrogens is 547 g/mol. The Hall–Kier alpha value is 0.330. The quantitative estimate of drug-likeness (QED) is 0.365. The van der Waals surface area contributed by atoms with Gasteiger partial charge in [-0.15, -0.1) is 0 Å². The molecule has 0 N–H and O–H groups in total. The summed E-state index contributed by atoms with van der Waals surface area (Å²) in [6, 6.07) is 7.03. The summed E-state index contributed by atoms with van der Waals surface area (Å²) in [5.41, 5.74) is 0.988. The minimum absolute atomic E-state index is 0. The number of piperazine rings is 1. The molecule has 0 atom stereocenters. The van der Waals surface area contributed by atoms with E-state index in [2.05, 4.69) is 9.80 Å². The first-order valence-corrected chi connectivity index (χ1v) is 10.2. The van der Waals surface area contributed by atoms with Gasteiger partial charge in [0.15, 0.2) is 9.84 Å². The number of sulfone groups is 1. The van der Waals surface area contributed by atoms with Crippen molar-refractivity contribution in [2.75, 3.05) is 57.5 Å². The van der Waals surface area contributed by atoms with Gasteiger partial charge in [0, 0.05) is 74.9 Å². The predicted molar refractivity (Wildman–Crippen MR) is 99.4 cm³/mol. The van der Waals surface area contributed by atoms with Gasteiger partial charge < -0.3 is 35.1 Å². The van der Waals surface area contributed by atoms with Gasteiger partial charge in [0.1, 0.15) is 0 Å². The van der Waals surface area contributed by atoms with Crippen LogP contribution in [0.5, 0.6) is 0 Å². The zero-order chi connectivity index (χ0) is 17.0. The number of hydrogen-bond donors (Lipinski definition) is 0. The molecule has 2 rings (SSSR count). The molecule has 9 heteroatoms. The van der Waals surface area contributed by atoms with Crippen LogP contribution in [0.15, 0.2) is 29.2 Å². The van der Waals surface area contributed by atoms with Gasteiger partial charge in [0.2, 0.25) is 0 Å². The van der Waals surface area contributed by atoms with Crippen LogP contribution in [-0.2, 0) is 57.5 Å². The first-order chi connectivity index (χ1) is 10.8. The normalized spacial score (nSPS) is 16.9. The maximum atomic E-state index is 12.4. The standard InChI is InChI=1S/C15H25N3O2S3.Au/c1-16(2)13-3-5-14(6-4-13)23(19,20)12-11-17-7-9-18(10-8-17)15(21)22;/h3-6,15,21-22H,7-12H2,1-2H3;/p-2.